The van der Waals surface area contributed by atoms with Gasteiger partial charge in [0.25, 0.3) is 0 Å². The molecule has 2 heterocycles. The first-order valence-corrected chi connectivity index (χ1v) is 9.10. The van der Waals surface area contributed by atoms with Crippen LogP contribution >= 0.6 is 11.6 Å². The first-order valence-electron chi connectivity index (χ1n) is 8.73. The van der Waals surface area contributed by atoms with Crippen LogP contribution in [0.2, 0.25) is 5.02 Å². The minimum Gasteiger partial charge on any atom is -0.444 e. The number of nitrogens with one attached hydrogen (secondary N) is 1. The van der Waals surface area contributed by atoms with Crippen LogP contribution in [0.15, 0.2) is 12.3 Å². The van der Waals surface area contributed by atoms with Gasteiger partial charge in [0.2, 0.25) is 5.91 Å². The van der Waals surface area contributed by atoms with Crippen molar-refractivity contribution in [3.8, 4) is 0 Å². The van der Waals surface area contributed by atoms with Gasteiger partial charge in [-0.1, -0.05) is 11.6 Å². The summed E-state index contributed by atoms with van der Waals surface area (Å²) in [6.07, 6.45) is 0.536. The Morgan fingerprint density at radius 3 is 2.81 bits per heavy atom. The van der Waals surface area contributed by atoms with E-state index in [1.54, 1.807) is 37.9 Å². The van der Waals surface area contributed by atoms with E-state index in [4.69, 9.17) is 21.1 Å². The maximum Gasteiger partial charge on any atom is 0.408 e. The lowest BCUT2D eigenvalue weighted by atomic mass is 9.95. The summed E-state index contributed by atoms with van der Waals surface area (Å²) in [6.45, 7) is 5.41. The second-order valence-corrected chi connectivity index (χ2v) is 7.70. The van der Waals surface area contributed by atoms with Gasteiger partial charge in [0.1, 0.15) is 12.1 Å². The number of nitrogens with zero attached hydrogens (tertiary/aromatic N) is 2. The Morgan fingerprint density at radius 1 is 1.48 bits per heavy atom. The Balaban J connectivity index is 2.14. The lowest BCUT2D eigenvalue weighted by Crippen LogP contribution is -2.47. The SMILES string of the molecule is COC(O)CC1c2nccc(Cl)c2CCN1C(=O)CNC(=O)OC(C)(C)C. The van der Waals surface area contributed by atoms with Crippen LogP contribution in [0, 0.1) is 0 Å². The molecule has 1 aromatic rings. The fourth-order valence-corrected chi connectivity index (χ4v) is 3.19. The molecule has 9 heteroatoms. The Labute approximate surface area is 163 Å². The number of carbonyl (C=O) groups is 2. The molecule has 1 aromatic heterocycles. The molecule has 150 valence electrons. The monoisotopic (exact) mass is 399 g/mol. The van der Waals surface area contributed by atoms with Crippen molar-refractivity contribution in [2.75, 3.05) is 20.2 Å². The first kappa shape index (κ1) is 21.4. The van der Waals surface area contributed by atoms with Crippen molar-refractivity contribution >= 4 is 23.6 Å². The topological polar surface area (TPSA) is 101 Å². The highest BCUT2D eigenvalue weighted by atomic mass is 35.5. The summed E-state index contributed by atoms with van der Waals surface area (Å²) >= 11 is 6.26. The third-order valence-electron chi connectivity index (χ3n) is 4.13. The lowest BCUT2D eigenvalue weighted by Gasteiger charge is -2.37. The Bertz CT molecular complexity index is 692. The molecule has 1 aliphatic rings. The molecule has 2 unspecified atom stereocenters. The van der Waals surface area contributed by atoms with Crippen molar-refractivity contribution in [1.29, 1.82) is 0 Å². The maximum absolute atomic E-state index is 12.7. The Hall–Kier alpha value is -1.90. The van der Waals surface area contributed by atoms with Gasteiger partial charge < -0.3 is 24.8 Å². The van der Waals surface area contributed by atoms with E-state index in [-0.39, 0.29) is 18.9 Å². The number of amides is 2. The number of alkyl carbamates (subject to hydrolysis) is 1. The van der Waals surface area contributed by atoms with Gasteiger partial charge in [0.05, 0.1) is 11.7 Å². The average molecular weight is 400 g/mol. The van der Waals surface area contributed by atoms with Crippen molar-refractivity contribution in [1.82, 2.24) is 15.2 Å². The number of aliphatic hydroxyl groups excluding tert-OH is 1. The fraction of sp³-hybridized carbons (Fsp3) is 0.611. The number of pyridine rings is 1. The third kappa shape index (κ3) is 5.79. The zero-order valence-electron chi connectivity index (χ0n) is 16.0. The summed E-state index contributed by atoms with van der Waals surface area (Å²) in [5.41, 5.74) is 0.843. The van der Waals surface area contributed by atoms with Crippen molar-refractivity contribution in [2.45, 2.75) is 51.5 Å². The molecule has 2 N–H and O–H groups in total. The van der Waals surface area contributed by atoms with Crippen LogP contribution < -0.4 is 5.32 Å². The van der Waals surface area contributed by atoms with E-state index in [1.807, 2.05) is 0 Å². The lowest BCUT2D eigenvalue weighted by molar-refractivity contribution is -0.137. The molecule has 1 aliphatic heterocycles. The molecule has 0 spiro atoms. The highest BCUT2D eigenvalue weighted by Crippen LogP contribution is 2.35. The van der Waals surface area contributed by atoms with Gasteiger partial charge in [-0.3, -0.25) is 9.78 Å². The summed E-state index contributed by atoms with van der Waals surface area (Å²) in [4.78, 5) is 30.5. The number of hydrogen-bond acceptors (Lipinski definition) is 6. The number of rotatable bonds is 5. The summed E-state index contributed by atoms with van der Waals surface area (Å²) in [7, 11) is 1.38. The summed E-state index contributed by atoms with van der Waals surface area (Å²) in [5.74, 6) is -0.304. The Morgan fingerprint density at radius 2 is 2.19 bits per heavy atom. The molecule has 0 saturated carbocycles. The van der Waals surface area contributed by atoms with Gasteiger partial charge in [-0.15, -0.1) is 0 Å². The van der Waals surface area contributed by atoms with E-state index < -0.39 is 24.0 Å². The van der Waals surface area contributed by atoms with Gasteiger partial charge in [-0.2, -0.15) is 0 Å². The van der Waals surface area contributed by atoms with Crippen LogP contribution in [0.25, 0.3) is 0 Å². The quantitative estimate of drug-likeness (QED) is 0.735. The van der Waals surface area contributed by atoms with Crippen molar-refractivity contribution < 1.29 is 24.2 Å². The third-order valence-corrected chi connectivity index (χ3v) is 4.48. The molecule has 0 aromatic carbocycles. The van der Waals surface area contributed by atoms with E-state index in [0.29, 0.717) is 23.7 Å². The number of fused-ring (bicyclic) bond motifs is 1. The van der Waals surface area contributed by atoms with Gasteiger partial charge in [0.15, 0.2) is 6.29 Å². The molecule has 2 atom stereocenters. The van der Waals surface area contributed by atoms with Gasteiger partial charge >= 0.3 is 6.09 Å². The molecule has 0 bridgehead atoms. The zero-order chi connectivity index (χ0) is 20.2. The normalized spacial score (nSPS) is 17.9. The van der Waals surface area contributed by atoms with Crippen LogP contribution in [0.4, 0.5) is 4.79 Å². The van der Waals surface area contributed by atoms with Crippen LogP contribution in [-0.2, 0) is 20.7 Å². The second-order valence-electron chi connectivity index (χ2n) is 7.29. The van der Waals surface area contributed by atoms with Crippen LogP contribution in [-0.4, -0.2) is 59.1 Å². The highest BCUT2D eigenvalue weighted by Gasteiger charge is 2.34. The minimum absolute atomic E-state index is 0.148. The number of ether oxygens (including phenoxy) is 2. The van der Waals surface area contributed by atoms with Crippen LogP contribution in [0.1, 0.15) is 44.5 Å². The van der Waals surface area contributed by atoms with Crippen molar-refractivity contribution in [3.63, 3.8) is 0 Å². The number of hydrogen-bond donors (Lipinski definition) is 2. The van der Waals surface area contributed by atoms with E-state index in [9.17, 15) is 14.7 Å². The van der Waals surface area contributed by atoms with E-state index in [0.717, 1.165) is 5.56 Å². The van der Waals surface area contributed by atoms with Gasteiger partial charge in [0, 0.05) is 31.3 Å². The molecule has 0 aliphatic carbocycles. The number of methoxy groups -OCH3 is 1. The smallest absolute Gasteiger partial charge is 0.408 e. The predicted octanol–water partition coefficient (Wildman–Crippen LogP) is 2.04. The van der Waals surface area contributed by atoms with Crippen LogP contribution in [0.5, 0.6) is 0 Å². The number of halogens is 1. The molecular weight excluding hydrogens is 374 g/mol. The number of aliphatic hydroxyl groups is 1. The highest BCUT2D eigenvalue weighted by molar-refractivity contribution is 6.31. The standard InChI is InChI=1S/C18H26ClN3O5/c1-18(2,3)27-17(25)21-10-14(23)22-8-6-11-12(19)5-7-20-16(11)13(22)9-15(24)26-4/h5,7,13,15,24H,6,8-10H2,1-4H3,(H,21,25). The fourth-order valence-electron chi connectivity index (χ4n) is 2.94. The van der Waals surface area contributed by atoms with E-state index in [1.165, 1.54) is 7.11 Å². The van der Waals surface area contributed by atoms with Gasteiger partial charge in [-0.05, 0) is 38.8 Å². The first-order chi connectivity index (χ1) is 12.6. The molecule has 2 rings (SSSR count). The van der Waals surface area contributed by atoms with Gasteiger partial charge in [-0.25, -0.2) is 4.79 Å². The number of carbonyl (C=O) groups excluding carboxylic acids is 2. The van der Waals surface area contributed by atoms with Crippen molar-refractivity contribution in [3.05, 3.63) is 28.5 Å². The molecule has 8 nitrogen and oxygen atoms in total. The van der Waals surface area contributed by atoms with Crippen molar-refractivity contribution in [2.24, 2.45) is 0 Å². The summed E-state index contributed by atoms with van der Waals surface area (Å²) in [6, 6.07) is 1.20. The molecule has 2 amide bonds. The molecule has 0 radical (unpaired) electrons. The molecule has 27 heavy (non-hydrogen) atoms. The largest absolute Gasteiger partial charge is 0.444 e. The summed E-state index contributed by atoms with van der Waals surface area (Å²) in [5, 5.41) is 13.0. The summed E-state index contributed by atoms with van der Waals surface area (Å²) < 4.78 is 10.1. The predicted molar refractivity (Wildman–Crippen MR) is 99.3 cm³/mol. The maximum atomic E-state index is 12.7. The van der Waals surface area contributed by atoms with E-state index >= 15 is 0 Å². The second kappa shape index (κ2) is 8.86. The Kier molecular flexibility index (Phi) is 7.02. The van der Waals surface area contributed by atoms with Crippen LogP contribution in [0.3, 0.4) is 0 Å². The molecule has 0 saturated heterocycles. The van der Waals surface area contributed by atoms with E-state index in [2.05, 4.69) is 10.3 Å². The molecular formula is C18H26ClN3O5. The number of aromatic nitrogens is 1. The average Bonchev–Trinajstić information content (AvgIpc) is 2.58. The minimum atomic E-state index is -1.06. The zero-order valence-corrected chi connectivity index (χ0v) is 16.7. The molecule has 0 fully saturated rings.